The highest BCUT2D eigenvalue weighted by molar-refractivity contribution is 5.16. The lowest BCUT2D eigenvalue weighted by atomic mass is 10.0. The van der Waals surface area contributed by atoms with Crippen molar-refractivity contribution in [2.45, 2.75) is 39.0 Å². The van der Waals surface area contributed by atoms with Crippen molar-refractivity contribution in [1.82, 2.24) is 4.90 Å². The van der Waals surface area contributed by atoms with E-state index in [1.54, 1.807) is 0 Å². The predicted molar refractivity (Wildman–Crippen MR) is 101 cm³/mol. The van der Waals surface area contributed by atoms with Gasteiger partial charge in [0, 0.05) is 25.7 Å². The maximum absolute atomic E-state index is 10.6. The van der Waals surface area contributed by atoms with Gasteiger partial charge >= 0.3 is 0 Å². The van der Waals surface area contributed by atoms with Gasteiger partial charge in [-0.3, -0.25) is 4.90 Å². The molecule has 2 aromatic rings. The fraction of sp³-hybridized carbons (Fsp3) is 0.429. The van der Waals surface area contributed by atoms with Crippen LogP contribution in [0, 0.1) is 5.92 Å². The molecule has 0 spiro atoms. The van der Waals surface area contributed by atoms with Crippen LogP contribution in [0.3, 0.4) is 0 Å². The van der Waals surface area contributed by atoms with Crippen molar-refractivity contribution in [3.8, 4) is 0 Å². The van der Waals surface area contributed by atoms with Crippen molar-refractivity contribution in [3.05, 3.63) is 71.8 Å². The minimum Gasteiger partial charge on any atom is -0.390 e. The van der Waals surface area contributed by atoms with Gasteiger partial charge in [-0.25, -0.2) is 0 Å². The van der Waals surface area contributed by atoms with Crippen LogP contribution >= 0.6 is 0 Å². The Labute approximate surface area is 146 Å². The first-order valence-electron chi connectivity index (χ1n) is 8.78. The largest absolute Gasteiger partial charge is 0.390 e. The lowest BCUT2D eigenvalue weighted by Gasteiger charge is -2.29. The van der Waals surface area contributed by atoms with E-state index in [1.807, 2.05) is 24.3 Å². The number of rotatable bonds is 9. The van der Waals surface area contributed by atoms with Gasteiger partial charge in [-0.1, -0.05) is 74.5 Å². The molecular weight excluding hydrogens is 296 g/mol. The summed E-state index contributed by atoms with van der Waals surface area (Å²) >= 11 is 0. The molecule has 130 valence electrons. The minimum absolute atomic E-state index is 0.252. The van der Waals surface area contributed by atoms with E-state index in [0.29, 0.717) is 18.9 Å². The van der Waals surface area contributed by atoms with Gasteiger partial charge in [0.2, 0.25) is 0 Å². The minimum atomic E-state index is -0.535. The predicted octanol–water partition coefficient (Wildman–Crippen LogP) is 3.08. The zero-order valence-electron chi connectivity index (χ0n) is 14.8. The van der Waals surface area contributed by atoms with E-state index in [1.165, 1.54) is 11.1 Å². The second-order valence-electron chi connectivity index (χ2n) is 6.99. The van der Waals surface area contributed by atoms with Gasteiger partial charge < -0.3 is 10.8 Å². The molecule has 2 atom stereocenters. The number of benzene rings is 2. The molecule has 3 heteroatoms. The molecule has 24 heavy (non-hydrogen) atoms. The Morgan fingerprint density at radius 3 is 1.96 bits per heavy atom. The molecule has 0 bridgehead atoms. The number of hydrogen-bond donors (Lipinski definition) is 2. The van der Waals surface area contributed by atoms with E-state index >= 15 is 0 Å². The summed E-state index contributed by atoms with van der Waals surface area (Å²) in [6.45, 7) is 6.79. The van der Waals surface area contributed by atoms with Crippen molar-refractivity contribution < 1.29 is 5.11 Å². The molecule has 0 aromatic heterocycles. The Kier molecular flexibility index (Phi) is 7.44. The van der Waals surface area contributed by atoms with Gasteiger partial charge in [0.1, 0.15) is 0 Å². The fourth-order valence-electron chi connectivity index (χ4n) is 2.98. The SMILES string of the molecule is CC(C)CN(Cc1ccccc1)C[C@@H](O)[C@@H](N)Cc1ccccc1. The monoisotopic (exact) mass is 326 g/mol. The van der Waals surface area contributed by atoms with E-state index in [2.05, 4.69) is 55.1 Å². The summed E-state index contributed by atoms with van der Waals surface area (Å²) in [6, 6.07) is 20.3. The van der Waals surface area contributed by atoms with Crippen LogP contribution in [0.2, 0.25) is 0 Å². The number of nitrogens with two attached hydrogens (primary N) is 1. The maximum atomic E-state index is 10.6. The van der Waals surface area contributed by atoms with Crippen LogP contribution in [0.15, 0.2) is 60.7 Å². The lowest BCUT2D eigenvalue weighted by Crippen LogP contribution is -2.45. The fourth-order valence-corrected chi connectivity index (χ4v) is 2.98. The third-order valence-corrected chi connectivity index (χ3v) is 4.13. The summed E-state index contributed by atoms with van der Waals surface area (Å²) in [5.41, 5.74) is 8.68. The normalized spacial score (nSPS) is 14.1. The van der Waals surface area contributed by atoms with Crippen molar-refractivity contribution in [2.24, 2.45) is 11.7 Å². The molecule has 0 saturated carbocycles. The third-order valence-electron chi connectivity index (χ3n) is 4.13. The molecule has 0 aliphatic rings. The molecule has 0 aliphatic carbocycles. The van der Waals surface area contributed by atoms with E-state index in [4.69, 9.17) is 5.73 Å². The summed E-state index contributed by atoms with van der Waals surface area (Å²) in [4.78, 5) is 2.30. The van der Waals surface area contributed by atoms with Crippen LogP contribution in [0.1, 0.15) is 25.0 Å². The highest BCUT2D eigenvalue weighted by Crippen LogP contribution is 2.11. The van der Waals surface area contributed by atoms with Crippen molar-refractivity contribution >= 4 is 0 Å². The number of hydrogen-bond acceptors (Lipinski definition) is 3. The molecule has 2 rings (SSSR count). The topological polar surface area (TPSA) is 49.5 Å². The molecular formula is C21H30N2O. The number of aliphatic hydroxyl groups excluding tert-OH is 1. The first-order valence-corrected chi connectivity index (χ1v) is 8.78. The summed E-state index contributed by atoms with van der Waals surface area (Å²) in [5.74, 6) is 0.547. The first-order chi connectivity index (χ1) is 11.5. The van der Waals surface area contributed by atoms with Gasteiger partial charge in [-0.15, -0.1) is 0 Å². The van der Waals surface area contributed by atoms with E-state index in [-0.39, 0.29) is 6.04 Å². The van der Waals surface area contributed by atoms with Crippen LogP contribution in [0.5, 0.6) is 0 Å². The average molecular weight is 326 g/mol. The standard InChI is InChI=1S/C21H30N2O/c1-17(2)14-23(15-19-11-7-4-8-12-19)16-21(24)20(22)13-18-9-5-3-6-10-18/h3-12,17,20-21,24H,13-16,22H2,1-2H3/t20-,21+/m0/s1. The zero-order valence-corrected chi connectivity index (χ0v) is 14.8. The molecule has 0 radical (unpaired) electrons. The Morgan fingerprint density at radius 2 is 1.42 bits per heavy atom. The van der Waals surface area contributed by atoms with Crippen molar-refractivity contribution in [1.29, 1.82) is 0 Å². The van der Waals surface area contributed by atoms with Crippen LogP contribution in [0.25, 0.3) is 0 Å². The molecule has 0 unspecified atom stereocenters. The van der Waals surface area contributed by atoms with Crippen molar-refractivity contribution in [3.63, 3.8) is 0 Å². The Bertz CT molecular complexity index is 571. The molecule has 0 heterocycles. The second kappa shape index (κ2) is 9.58. The van der Waals surface area contributed by atoms with Crippen LogP contribution in [-0.2, 0) is 13.0 Å². The van der Waals surface area contributed by atoms with E-state index in [0.717, 1.165) is 13.1 Å². The van der Waals surface area contributed by atoms with Gasteiger partial charge in [-0.05, 0) is 23.5 Å². The van der Waals surface area contributed by atoms with E-state index < -0.39 is 6.10 Å². The smallest absolute Gasteiger partial charge is 0.0821 e. The number of nitrogens with zero attached hydrogens (tertiary/aromatic N) is 1. The molecule has 0 aliphatic heterocycles. The van der Waals surface area contributed by atoms with Crippen LogP contribution in [0.4, 0.5) is 0 Å². The summed E-state index contributed by atoms with van der Waals surface area (Å²) in [6.07, 6.45) is 0.163. The third kappa shape index (κ3) is 6.44. The first kappa shape index (κ1) is 18.7. The quantitative estimate of drug-likeness (QED) is 0.744. The van der Waals surface area contributed by atoms with E-state index in [9.17, 15) is 5.11 Å². The molecule has 3 N–H and O–H groups in total. The van der Waals surface area contributed by atoms with Gasteiger partial charge in [-0.2, -0.15) is 0 Å². The Balaban J connectivity index is 1.94. The zero-order chi connectivity index (χ0) is 17.4. The molecule has 2 aromatic carbocycles. The molecule has 0 fully saturated rings. The average Bonchev–Trinajstić information content (AvgIpc) is 2.56. The Hall–Kier alpha value is -1.68. The molecule has 0 amide bonds. The Morgan fingerprint density at radius 1 is 0.875 bits per heavy atom. The summed E-state index contributed by atoms with van der Waals surface area (Å²) in [7, 11) is 0. The maximum Gasteiger partial charge on any atom is 0.0821 e. The molecule has 3 nitrogen and oxygen atoms in total. The van der Waals surface area contributed by atoms with Gasteiger partial charge in [0.15, 0.2) is 0 Å². The van der Waals surface area contributed by atoms with Crippen LogP contribution in [-0.4, -0.2) is 35.2 Å². The summed E-state index contributed by atoms with van der Waals surface area (Å²) in [5, 5.41) is 10.6. The lowest BCUT2D eigenvalue weighted by molar-refractivity contribution is 0.0818. The second-order valence-corrected chi connectivity index (χ2v) is 6.99. The molecule has 0 saturated heterocycles. The number of aliphatic hydroxyl groups is 1. The van der Waals surface area contributed by atoms with Gasteiger partial charge in [0.05, 0.1) is 6.10 Å². The van der Waals surface area contributed by atoms with Gasteiger partial charge in [0.25, 0.3) is 0 Å². The highest BCUT2D eigenvalue weighted by Gasteiger charge is 2.19. The summed E-state index contributed by atoms with van der Waals surface area (Å²) < 4.78 is 0. The van der Waals surface area contributed by atoms with Crippen LogP contribution < -0.4 is 5.73 Å². The van der Waals surface area contributed by atoms with Crippen molar-refractivity contribution in [2.75, 3.05) is 13.1 Å². The highest BCUT2D eigenvalue weighted by atomic mass is 16.3.